The van der Waals surface area contributed by atoms with Crippen LogP contribution in [-0.2, 0) is 0 Å². The van der Waals surface area contributed by atoms with Gasteiger partial charge < -0.3 is 10.0 Å². The zero-order valence-corrected chi connectivity index (χ0v) is 12.2. The highest BCUT2D eigenvalue weighted by Gasteiger charge is 2.29. The lowest BCUT2D eigenvalue weighted by Gasteiger charge is -2.26. The van der Waals surface area contributed by atoms with Crippen molar-refractivity contribution in [3.05, 3.63) is 32.8 Å². The van der Waals surface area contributed by atoms with Crippen molar-refractivity contribution in [3.63, 3.8) is 0 Å². The molecule has 19 heavy (non-hydrogen) atoms. The Morgan fingerprint density at radius 3 is 3.00 bits per heavy atom. The van der Waals surface area contributed by atoms with Crippen LogP contribution in [0.5, 0.6) is 0 Å². The standard InChI is InChI=1S/C13H17BrN2O3/c14-10-5-6-12(16(18)19)13(9-10)15-7-1-3-11(15)4-2-8-17/h5-6,9,11,17H,1-4,7-8H2. The maximum absolute atomic E-state index is 11.1. The van der Waals surface area contributed by atoms with Gasteiger partial charge in [-0.25, -0.2) is 0 Å². The number of anilines is 1. The van der Waals surface area contributed by atoms with Crippen LogP contribution in [0.15, 0.2) is 22.7 Å². The van der Waals surface area contributed by atoms with Crippen LogP contribution < -0.4 is 4.90 Å². The van der Waals surface area contributed by atoms with E-state index in [2.05, 4.69) is 20.8 Å². The molecule has 0 spiro atoms. The zero-order chi connectivity index (χ0) is 13.8. The topological polar surface area (TPSA) is 66.6 Å². The third kappa shape index (κ3) is 3.25. The summed E-state index contributed by atoms with van der Waals surface area (Å²) in [6.45, 7) is 1.01. The minimum atomic E-state index is -0.330. The number of nitro groups is 1. The highest BCUT2D eigenvalue weighted by molar-refractivity contribution is 9.10. The van der Waals surface area contributed by atoms with Gasteiger partial charge in [0, 0.05) is 29.7 Å². The Bertz CT molecular complexity index is 467. The molecule has 1 N–H and O–H groups in total. The summed E-state index contributed by atoms with van der Waals surface area (Å²) in [5.74, 6) is 0. The van der Waals surface area contributed by atoms with Crippen LogP contribution >= 0.6 is 15.9 Å². The van der Waals surface area contributed by atoms with Crippen molar-refractivity contribution in [2.75, 3.05) is 18.1 Å². The molecule has 104 valence electrons. The van der Waals surface area contributed by atoms with Crippen LogP contribution in [-0.4, -0.2) is 29.2 Å². The van der Waals surface area contributed by atoms with Gasteiger partial charge in [-0.15, -0.1) is 0 Å². The van der Waals surface area contributed by atoms with Crippen molar-refractivity contribution in [3.8, 4) is 0 Å². The molecule has 5 nitrogen and oxygen atoms in total. The summed E-state index contributed by atoms with van der Waals surface area (Å²) in [7, 11) is 0. The lowest BCUT2D eigenvalue weighted by atomic mass is 10.1. The van der Waals surface area contributed by atoms with Crippen LogP contribution in [0, 0.1) is 10.1 Å². The van der Waals surface area contributed by atoms with E-state index in [1.807, 2.05) is 6.07 Å². The van der Waals surface area contributed by atoms with Crippen LogP contribution in [0.4, 0.5) is 11.4 Å². The lowest BCUT2D eigenvalue weighted by molar-refractivity contribution is -0.384. The van der Waals surface area contributed by atoms with Crippen molar-refractivity contribution in [1.82, 2.24) is 0 Å². The number of nitrogens with zero attached hydrogens (tertiary/aromatic N) is 2. The Labute approximate surface area is 120 Å². The largest absolute Gasteiger partial charge is 0.396 e. The van der Waals surface area contributed by atoms with E-state index in [-0.39, 0.29) is 17.2 Å². The highest BCUT2D eigenvalue weighted by Crippen LogP contribution is 2.36. The van der Waals surface area contributed by atoms with E-state index in [4.69, 9.17) is 5.11 Å². The quantitative estimate of drug-likeness (QED) is 0.666. The molecular formula is C13H17BrN2O3. The van der Waals surface area contributed by atoms with Crippen molar-refractivity contribution in [1.29, 1.82) is 0 Å². The summed E-state index contributed by atoms with van der Waals surface area (Å²) >= 11 is 3.38. The number of halogens is 1. The average molecular weight is 329 g/mol. The number of aliphatic hydroxyl groups excluding tert-OH is 1. The molecule has 0 aliphatic carbocycles. The fourth-order valence-electron chi connectivity index (χ4n) is 2.66. The van der Waals surface area contributed by atoms with Crippen molar-refractivity contribution >= 4 is 27.3 Å². The fraction of sp³-hybridized carbons (Fsp3) is 0.538. The average Bonchev–Trinajstić information content (AvgIpc) is 2.83. The van der Waals surface area contributed by atoms with Gasteiger partial charge in [-0.2, -0.15) is 0 Å². The van der Waals surface area contributed by atoms with Crippen LogP contribution in [0.1, 0.15) is 25.7 Å². The molecule has 1 heterocycles. The normalized spacial score (nSPS) is 18.8. The minimum Gasteiger partial charge on any atom is -0.396 e. The zero-order valence-electron chi connectivity index (χ0n) is 10.6. The molecule has 1 fully saturated rings. The lowest BCUT2D eigenvalue weighted by Crippen LogP contribution is -2.29. The molecule has 1 aliphatic rings. The molecule has 1 atom stereocenters. The van der Waals surface area contributed by atoms with E-state index in [0.29, 0.717) is 11.7 Å². The van der Waals surface area contributed by atoms with Crippen LogP contribution in [0.2, 0.25) is 0 Å². The SMILES string of the molecule is O=[N+]([O-])c1ccc(Br)cc1N1CCCC1CCCO. The first-order valence-electron chi connectivity index (χ1n) is 6.45. The molecule has 1 unspecified atom stereocenters. The molecule has 2 rings (SSSR count). The molecule has 0 bridgehead atoms. The Kier molecular flexibility index (Phi) is 4.76. The van der Waals surface area contributed by atoms with Crippen molar-refractivity contribution in [2.24, 2.45) is 0 Å². The molecule has 1 aliphatic heterocycles. The molecule has 1 aromatic rings. The number of hydrogen-bond acceptors (Lipinski definition) is 4. The maximum Gasteiger partial charge on any atom is 0.292 e. The minimum absolute atomic E-state index is 0.152. The van der Waals surface area contributed by atoms with Crippen molar-refractivity contribution < 1.29 is 10.0 Å². The Hall–Kier alpha value is -1.14. The van der Waals surface area contributed by atoms with Gasteiger partial charge in [-0.05, 0) is 37.8 Å². The molecule has 0 aromatic heterocycles. The molecule has 6 heteroatoms. The molecule has 0 amide bonds. The first-order chi connectivity index (χ1) is 9.13. The third-order valence-electron chi connectivity index (χ3n) is 3.52. The summed E-state index contributed by atoms with van der Waals surface area (Å²) in [6.07, 6.45) is 3.69. The maximum atomic E-state index is 11.1. The van der Waals surface area contributed by atoms with Gasteiger partial charge in [0.25, 0.3) is 5.69 Å². The van der Waals surface area contributed by atoms with E-state index < -0.39 is 0 Å². The summed E-state index contributed by atoms with van der Waals surface area (Å²) in [5.41, 5.74) is 0.832. The number of aliphatic hydroxyl groups is 1. The smallest absolute Gasteiger partial charge is 0.292 e. The van der Waals surface area contributed by atoms with Gasteiger partial charge in [0.05, 0.1) is 4.92 Å². The first-order valence-corrected chi connectivity index (χ1v) is 7.24. The molecule has 0 radical (unpaired) electrons. The van der Waals surface area contributed by atoms with Gasteiger partial charge in [0.1, 0.15) is 5.69 Å². The fourth-order valence-corrected chi connectivity index (χ4v) is 3.01. The van der Waals surface area contributed by atoms with E-state index >= 15 is 0 Å². The van der Waals surface area contributed by atoms with Crippen LogP contribution in [0.25, 0.3) is 0 Å². The number of rotatable bonds is 5. The van der Waals surface area contributed by atoms with Gasteiger partial charge in [-0.3, -0.25) is 10.1 Å². The summed E-state index contributed by atoms with van der Waals surface area (Å²) in [6, 6.07) is 5.34. The molecule has 1 saturated heterocycles. The molecule has 0 saturated carbocycles. The van der Waals surface area contributed by atoms with Gasteiger partial charge >= 0.3 is 0 Å². The monoisotopic (exact) mass is 328 g/mol. The van der Waals surface area contributed by atoms with Gasteiger partial charge in [0.15, 0.2) is 0 Å². The molecular weight excluding hydrogens is 312 g/mol. The van der Waals surface area contributed by atoms with Crippen molar-refractivity contribution in [2.45, 2.75) is 31.7 Å². The molecule has 1 aromatic carbocycles. The summed E-state index contributed by atoms with van der Waals surface area (Å²) in [4.78, 5) is 12.9. The second kappa shape index (κ2) is 6.34. The van der Waals surface area contributed by atoms with E-state index in [1.165, 1.54) is 0 Å². The predicted octanol–water partition coefficient (Wildman–Crippen LogP) is 3.10. The number of nitro benzene ring substituents is 1. The second-order valence-electron chi connectivity index (χ2n) is 4.75. The summed E-state index contributed by atoms with van der Waals surface area (Å²) in [5, 5.41) is 20.1. The Morgan fingerprint density at radius 1 is 1.53 bits per heavy atom. The van der Waals surface area contributed by atoms with E-state index in [9.17, 15) is 10.1 Å². The third-order valence-corrected chi connectivity index (χ3v) is 4.01. The predicted molar refractivity (Wildman–Crippen MR) is 77.5 cm³/mol. The van der Waals surface area contributed by atoms with Gasteiger partial charge in [-0.1, -0.05) is 15.9 Å². The first kappa shape index (κ1) is 14.3. The Balaban J connectivity index is 2.28. The van der Waals surface area contributed by atoms with E-state index in [0.717, 1.165) is 36.7 Å². The highest BCUT2D eigenvalue weighted by atomic mass is 79.9. The number of benzene rings is 1. The van der Waals surface area contributed by atoms with E-state index in [1.54, 1.807) is 12.1 Å². The van der Waals surface area contributed by atoms with Gasteiger partial charge in [0.2, 0.25) is 0 Å². The second-order valence-corrected chi connectivity index (χ2v) is 5.66. The summed E-state index contributed by atoms with van der Waals surface area (Å²) < 4.78 is 0.848. The Morgan fingerprint density at radius 2 is 2.32 bits per heavy atom. The number of hydrogen-bond donors (Lipinski definition) is 1. The van der Waals surface area contributed by atoms with Crippen LogP contribution in [0.3, 0.4) is 0 Å².